The highest BCUT2D eigenvalue weighted by Crippen LogP contribution is 2.38. The predicted octanol–water partition coefficient (Wildman–Crippen LogP) is 10.6. The highest BCUT2D eigenvalue weighted by Gasteiger charge is 2.31. The van der Waals surface area contributed by atoms with Crippen molar-refractivity contribution in [3.05, 3.63) is 77.4 Å². The summed E-state index contributed by atoms with van der Waals surface area (Å²) in [5, 5.41) is 0. The van der Waals surface area contributed by atoms with Crippen molar-refractivity contribution in [3.8, 4) is 28.4 Å². The first kappa shape index (κ1) is 28.9. The van der Waals surface area contributed by atoms with Crippen molar-refractivity contribution in [1.82, 2.24) is 0 Å². The van der Waals surface area contributed by atoms with E-state index in [1.165, 1.54) is 62.6 Å². The molecule has 1 saturated carbocycles. The van der Waals surface area contributed by atoms with Gasteiger partial charge in [-0.2, -0.15) is 4.39 Å². The highest BCUT2D eigenvalue weighted by atomic mass is 19.4. The van der Waals surface area contributed by atoms with Crippen molar-refractivity contribution >= 4 is 0 Å². The smallest absolute Gasteiger partial charge is 0.454 e. The maximum Gasteiger partial charge on any atom is 0.573 e. The van der Waals surface area contributed by atoms with Crippen LogP contribution in [-0.4, -0.2) is 6.36 Å². The fourth-order valence-electron chi connectivity index (χ4n) is 5.47. The molecule has 0 aromatic heterocycles. The van der Waals surface area contributed by atoms with Gasteiger partial charge >= 0.3 is 6.36 Å². The molecule has 0 aliphatic heterocycles. The molecule has 3 aromatic carbocycles. The number of hydrogen-bond donors (Lipinski definition) is 0. The SMILES string of the molecule is CCCCC1CCC(CCc2ccc(-c3cc(F)c(F)c(Oc4ccc(OC(F)(F)F)cc4)c3C)cc2)CC1. The van der Waals surface area contributed by atoms with E-state index < -0.39 is 23.7 Å². The third-order valence-corrected chi connectivity index (χ3v) is 7.74. The van der Waals surface area contributed by atoms with Crippen molar-refractivity contribution in [1.29, 1.82) is 0 Å². The average molecular weight is 547 g/mol. The second-order valence-corrected chi connectivity index (χ2v) is 10.6. The number of aryl methyl sites for hydroxylation is 1. The Morgan fingerprint density at radius 3 is 2.00 bits per heavy atom. The minimum atomic E-state index is -4.83. The molecule has 0 saturated heterocycles. The van der Waals surface area contributed by atoms with Gasteiger partial charge < -0.3 is 9.47 Å². The van der Waals surface area contributed by atoms with Crippen molar-refractivity contribution in [2.45, 2.75) is 78.0 Å². The number of benzene rings is 3. The maximum absolute atomic E-state index is 14.7. The Balaban J connectivity index is 1.41. The average Bonchev–Trinajstić information content (AvgIpc) is 2.92. The summed E-state index contributed by atoms with van der Waals surface area (Å²) < 4.78 is 75.9. The van der Waals surface area contributed by atoms with E-state index in [-0.39, 0.29) is 11.5 Å². The van der Waals surface area contributed by atoms with E-state index in [2.05, 4.69) is 11.7 Å². The summed E-state index contributed by atoms with van der Waals surface area (Å²) in [6.07, 6.45) is 6.59. The second kappa shape index (κ2) is 12.8. The van der Waals surface area contributed by atoms with Crippen LogP contribution in [-0.2, 0) is 6.42 Å². The number of hydrogen-bond acceptors (Lipinski definition) is 2. The fraction of sp³-hybridized carbons (Fsp3) is 0.438. The summed E-state index contributed by atoms with van der Waals surface area (Å²) in [7, 11) is 0. The Labute approximate surface area is 227 Å². The van der Waals surface area contributed by atoms with Crippen LogP contribution in [0.25, 0.3) is 11.1 Å². The van der Waals surface area contributed by atoms with Crippen LogP contribution >= 0.6 is 0 Å². The number of ether oxygens (including phenoxy) is 2. The largest absolute Gasteiger partial charge is 0.573 e. The van der Waals surface area contributed by atoms with Gasteiger partial charge in [-0.05, 0) is 78.6 Å². The third-order valence-electron chi connectivity index (χ3n) is 7.74. The van der Waals surface area contributed by atoms with E-state index in [4.69, 9.17) is 4.74 Å². The van der Waals surface area contributed by atoms with E-state index >= 15 is 0 Å². The van der Waals surface area contributed by atoms with Gasteiger partial charge in [0.2, 0.25) is 5.82 Å². The van der Waals surface area contributed by atoms with Crippen LogP contribution in [0.2, 0.25) is 0 Å². The van der Waals surface area contributed by atoms with E-state index in [0.717, 1.165) is 48.4 Å². The van der Waals surface area contributed by atoms with Gasteiger partial charge in [0.15, 0.2) is 11.6 Å². The molecule has 1 aliphatic rings. The summed E-state index contributed by atoms with van der Waals surface area (Å²) in [6, 6.07) is 13.5. The monoisotopic (exact) mass is 546 g/mol. The number of alkyl halides is 3. The lowest BCUT2D eigenvalue weighted by Gasteiger charge is -2.28. The van der Waals surface area contributed by atoms with E-state index in [9.17, 15) is 22.0 Å². The van der Waals surface area contributed by atoms with Crippen molar-refractivity contribution in [2.24, 2.45) is 11.8 Å². The number of halogens is 5. The first-order valence-corrected chi connectivity index (χ1v) is 13.7. The molecule has 1 aliphatic carbocycles. The van der Waals surface area contributed by atoms with Gasteiger partial charge in [0, 0.05) is 5.56 Å². The number of unbranched alkanes of at least 4 members (excludes halogenated alkanes) is 1. The maximum atomic E-state index is 14.7. The van der Waals surface area contributed by atoms with Crippen LogP contribution in [0.1, 0.15) is 69.4 Å². The molecule has 0 amide bonds. The Morgan fingerprint density at radius 1 is 0.821 bits per heavy atom. The quantitative estimate of drug-likeness (QED) is 0.236. The second-order valence-electron chi connectivity index (χ2n) is 10.6. The summed E-state index contributed by atoms with van der Waals surface area (Å²) >= 11 is 0. The molecule has 0 spiro atoms. The molecule has 3 aromatic rings. The molecular weight excluding hydrogens is 511 g/mol. The Morgan fingerprint density at radius 2 is 1.41 bits per heavy atom. The van der Waals surface area contributed by atoms with Crippen LogP contribution in [0.5, 0.6) is 17.2 Å². The summed E-state index contributed by atoms with van der Waals surface area (Å²) in [4.78, 5) is 0. The molecule has 0 radical (unpaired) electrons. The summed E-state index contributed by atoms with van der Waals surface area (Å²) in [6.45, 7) is 3.87. The molecular formula is C32H35F5O2. The molecule has 0 N–H and O–H groups in total. The van der Waals surface area contributed by atoms with E-state index in [0.29, 0.717) is 11.1 Å². The van der Waals surface area contributed by atoms with Crippen LogP contribution in [0.4, 0.5) is 22.0 Å². The van der Waals surface area contributed by atoms with E-state index in [1.807, 2.05) is 24.3 Å². The first-order valence-electron chi connectivity index (χ1n) is 13.7. The molecule has 0 atom stereocenters. The molecule has 0 bridgehead atoms. The van der Waals surface area contributed by atoms with Crippen LogP contribution in [0.15, 0.2) is 54.6 Å². The third kappa shape index (κ3) is 7.96. The normalized spacial score (nSPS) is 17.7. The van der Waals surface area contributed by atoms with Gasteiger partial charge in [0.05, 0.1) is 0 Å². The zero-order valence-electron chi connectivity index (χ0n) is 22.4. The molecule has 1 fully saturated rings. The first-order chi connectivity index (χ1) is 18.6. The summed E-state index contributed by atoms with van der Waals surface area (Å²) in [5.41, 5.74) is 2.81. The van der Waals surface area contributed by atoms with Gasteiger partial charge in [-0.3, -0.25) is 0 Å². The molecule has 39 heavy (non-hydrogen) atoms. The van der Waals surface area contributed by atoms with Crippen molar-refractivity contribution in [2.75, 3.05) is 0 Å². The standard InChI is InChI=1S/C32H35F5O2/c1-3-4-5-22-6-8-23(9-7-22)10-11-24-12-14-25(15-13-24)28-20-29(33)30(34)31(21(28)2)38-26-16-18-27(19-17-26)39-32(35,36)37/h12-20,22-23H,3-11H2,1-2H3. The lowest BCUT2D eigenvalue weighted by atomic mass is 9.78. The lowest BCUT2D eigenvalue weighted by molar-refractivity contribution is -0.274. The van der Waals surface area contributed by atoms with Gasteiger partial charge in [-0.15, -0.1) is 13.2 Å². The van der Waals surface area contributed by atoms with Crippen LogP contribution in [0, 0.1) is 30.4 Å². The van der Waals surface area contributed by atoms with Gasteiger partial charge in [-0.25, -0.2) is 4.39 Å². The van der Waals surface area contributed by atoms with E-state index in [1.54, 1.807) is 6.92 Å². The predicted molar refractivity (Wildman–Crippen MR) is 143 cm³/mol. The Kier molecular flexibility index (Phi) is 9.52. The highest BCUT2D eigenvalue weighted by molar-refractivity contribution is 5.70. The molecule has 4 rings (SSSR count). The zero-order chi connectivity index (χ0) is 28.0. The van der Waals surface area contributed by atoms with Gasteiger partial charge in [0.1, 0.15) is 11.5 Å². The molecule has 2 nitrogen and oxygen atoms in total. The van der Waals surface area contributed by atoms with Crippen LogP contribution in [0.3, 0.4) is 0 Å². The molecule has 0 heterocycles. The molecule has 210 valence electrons. The van der Waals surface area contributed by atoms with Crippen molar-refractivity contribution < 1.29 is 31.4 Å². The number of rotatable bonds is 10. The topological polar surface area (TPSA) is 18.5 Å². The van der Waals surface area contributed by atoms with Gasteiger partial charge in [-0.1, -0.05) is 76.1 Å². The molecule has 7 heteroatoms. The minimum absolute atomic E-state index is 0.0535. The van der Waals surface area contributed by atoms with Gasteiger partial charge in [0.25, 0.3) is 0 Å². The Hall–Kier alpha value is -3.09. The molecule has 0 unspecified atom stereocenters. The minimum Gasteiger partial charge on any atom is -0.454 e. The zero-order valence-corrected chi connectivity index (χ0v) is 22.4. The fourth-order valence-corrected chi connectivity index (χ4v) is 5.47. The van der Waals surface area contributed by atoms with Crippen LogP contribution < -0.4 is 9.47 Å². The Bertz CT molecular complexity index is 1210. The lowest BCUT2D eigenvalue weighted by Crippen LogP contribution is -2.16. The summed E-state index contributed by atoms with van der Waals surface area (Å²) in [5.74, 6) is -1.26. The van der Waals surface area contributed by atoms with Crippen molar-refractivity contribution in [3.63, 3.8) is 0 Å².